The van der Waals surface area contributed by atoms with Crippen molar-refractivity contribution in [1.29, 1.82) is 5.26 Å². The first kappa shape index (κ1) is 13.8. The summed E-state index contributed by atoms with van der Waals surface area (Å²) in [7, 11) is 0. The summed E-state index contributed by atoms with van der Waals surface area (Å²) in [5.41, 5.74) is -0.113. The van der Waals surface area contributed by atoms with Crippen LogP contribution in [0.3, 0.4) is 0 Å². The Kier molecular flexibility index (Phi) is 3.85. The molecule has 0 aliphatic rings. The predicted octanol–water partition coefficient (Wildman–Crippen LogP) is 1.51. The molecule has 0 bridgehead atoms. The van der Waals surface area contributed by atoms with Gasteiger partial charge in [0.2, 0.25) is 0 Å². The van der Waals surface area contributed by atoms with Gasteiger partial charge in [0.05, 0.1) is 6.54 Å². The van der Waals surface area contributed by atoms with Crippen LogP contribution in [0.1, 0.15) is 31.0 Å². The zero-order valence-electron chi connectivity index (χ0n) is 11.4. The number of hydrogen-bond acceptors (Lipinski definition) is 3. The van der Waals surface area contributed by atoms with Gasteiger partial charge < -0.3 is 0 Å². The smallest absolute Gasteiger partial charge is 0.297 e. The molecule has 0 atom stereocenters. The largest absolute Gasteiger partial charge is 0.331 e. The maximum Gasteiger partial charge on any atom is 0.331 e. The molecule has 1 aromatic carbocycles. The third-order valence-electron chi connectivity index (χ3n) is 3.06. The van der Waals surface area contributed by atoms with Crippen LogP contribution in [-0.4, -0.2) is 9.13 Å². The van der Waals surface area contributed by atoms with Gasteiger partial charge in [-0.25, -0.2) is 4.79 Å². The van der Waals surface area contributed by atoms with Gasteiger partial charge in [-0.2, -0.15) is 5.26 Å². The second-order valence-electron chi connectivity index (χ2n) is 4.82. The summed E-state index contributed by atoms with van der Waals surface area (Å²) in [5, 5.41) is 9.03. The fraction of sp³-hybridized carbons (Fsp3) is 0.267. The Bertz CT molecular complexity index is 764. The Labute approximate surface area is 116 Å². The van der Waals surface area contributed by atoms with Gasteiger partial charge in [-0.1, -0.05) is 30.3 Å². The lowest BCUT2D eigenvalue weighted by Gasteiger charge is -2.13. The van der Waals surface area contributed by atoms with E-state index in [2.05, 4.69) is 0 Å². The maximum atomic E-state index is 12.3. The Morgan fingerprint density at radius 3 is 2.40 bits per heavy atom. The van der Waals surface area contributed by atoms with Gasteiger partial charge >= 0.3 is 5.69 Å². The van der Waals surface area contributed by atoms with Crippen LogP contribution in [0.5, 0.6) is 0 Å². The molecule has 0 aliphatic carbocycles. The first-order chi connectivity index (χ1) is 9.54. The normalized spacial score (nSPS) is 10.5. The summed E-state index contributed by atoms with van der Waals surface area (Å²) in [6.45, 7) is 3.83. The summed E-state index contributed by atoms with van der Waals surface area (Å²) in [6, 6.07) is 11.0. The van der Waals surface area contributed by atoms with Crippen molar-refractivity contribution in [2.24, 2.45) is 0 Å². The highest BCUT2D eigenvalue weighted by atomic mass is 16.2. The highest BCUT2D eigenvalue weighted by Gasteiger charge is 2.13. The Morgan fingerprint density at radius 2 is 1.85 bits per heavy atom. The molecule has 2 aromatic rings. The third kappa shape index (κ3) is 2.54. The standard InChI is InChI=1S/C15H15N3O2/c1-11(2)17-10-13(8-16)14(19)18(15(17)20)9-12-6-4-3-5-7-12/h3-7,10-11H,9H2,1-2H3. The summed E-state index contributed by atoms with van der Waals surface area (Å²) in [5.74, 6) is 0. The molecule has 0 unspecified atom stereocenters. The molecule has 0 spiro atoms. The van der Waals surface area contributed by atoms with Crippen molar-refractivity contribution in [2.45, 2.75) is 26.4 Å². The quantitative estimate of drug-likeness (QED) is 0.848. The third-order valence-corrected chi connectivity index (χ3v) is 3.06. The fourth-order valence-corrected chi connectivity index (χ4v) is 1.97. The lowest BCUT2D eigenvalue weighted by atomic mass is 10.2. The van der Waals surface area contributed by atoms with Gasteiger partial charge in [0.25, 0.3) is 5.56 Å². The first-order valence-electron chi connectivity index (χ1n) is 6.34. The average molecular weight is 269 g/mol. The van der Waals surface area contributed by atoms with Crippen LogP contribution in [0.4, 0.5) is 0 Å². The van der Waals surface area contributed by atoms with Gasteiger partial charge in [-0.05, 0) is 19.4 Å². The van der Waals surface area contributed by atoms with Crippen molar-refractivity contribution < 1.29 is 0 Å². The van der Waals surface area contributed by atoms with E-state index in [-0.39, 0.29) is 18.2 Å². The van der Waals surface area contributed by atoms with Crippen LogP contribution < -0.4 is 11.2 Å². The number of benzene rings is 1. The van der Waals surface area contributed by atoms with Gasteiger partial charge in [0.1, 0.15) is 11.6 Å². The van der Waals surface area contributed by atoms with E-state index in [1.54, 1.807) is 0 Å². The summed E-state index contributed by atoms with van der Waals surface area (Å²) in [6.07, 6.45) is 1.33. The molecule has 102 valence electrons. The molecule has 0 aliphatic heterocycles. The average Bonchev–Trinajstić information content (AvgIpc) is 2.44. The van der Waals surface area contributed by atoms with E-state index in [1.807, 2.05) is 50.2 Å². The minimum atomic E-state index is -0.543. The van der Waals surface area contributed by atoms with Gasteiger partial charge in [-0.3, -0.25) is 13.9 Å². The van der Waals surface area contributed by atoms with Crippen LogP contribution in [0.2, 0.25) is 0 Å². The molecule has 0 saturated carbocycles. The van der Waals surface area contributed by atoms with Crippen LogP contribution in [0, 0.1) is 11.3 Å². The molecular formula is C15H15N3O2. The zero-order valence-corrected chi connectivity index (χ0v) is 11.4. The molecule has 0 saturated heterocycles. The number of rotatable bonds is 3. The SMILES string of the molecule is CC(C)n1cc(C#N)c(=O)n(Cc2ccccc2)c1=O. The Hall–Kier alpha value is -2.61. The van der Waals surface area contributed by atoms with E-state index < -0.39 is 11.2 Å². The zero-order chi connectivity index (χ0) is 14.7. The maximum absolute atomic E-state index is 12.3. The van der Waals surface area contributed by atoms with Gasteiger partial charge in [0, 0.05) is 12.2 Å². The van der Waals surface area contributed by atoms with Crippen LogP contribution in [-0.2, 0) is 6.54 Å². The van der Waals surface area contributed by atoms with Gasteiger partial charge in [0.15, 0.2) is 0 Å². The molecular weight excluding hydrogens is 254 g/mol. The van der Waals surface area contributed by atoms with Crippen molar-refractivity contribution in [3.8, 4) is 6.07 Å². The van der Waals surface area contributed by atoms with Crippen LogP contribution >= 0.6 is 0 Å². The monoisotopic (exact) mass is 269 g/mol. The number of nitrogens with zero attached hydrogens (tertiary/aromatic N) is 3. The predicted molar refractivity (Wildman–Crippen MR) is 75.6 cm³/mol. The van der Waals surface area contributed by atoms with Crippen LogP contribution in [0.25, 0.3) is 0 Å². The lowest BCUT2D eigenvalue weighted by Crippen LogP contribution is -2.41. The number of aromatic nitrogens is 2. The highest BCUT2D eigenvalue weighted by Crippen LogP contribution is 2.02. The molecule has 0 radical (unpaired) electrons. The molecule has 5 heteroatoms. The second kappa shape index (κ2) is 5.57. The first-order valence-corrected chi connectivity index (χ1v) is 6.34. The van der Waals surface area contributed by atoms with E-state index in [1.165, 1.54) is 10.8 Å². The second-order valence-corrected chi connectivity index (χ2v) is 4.82. The molecule has 0 fully saturated rings. The molecule has 20 heavy (non-hydrogen) atoms. The van der Waals surface area contributed by atoms with E-state index in [4.69, 9.17) is 5.26 Å². The number of nitriles is 1. The minimum Gasteiger partial charge on any atom is -0.297 e. The van der Waals surface area contributed by atoms with E-state index in [0.29, 0.717) is 0 Å². The highest BCUT2D eigenvalue weighted by molar-refractivity contribution is 5.24. The van der Waals surface area contributed by atoms with E-state index in [9.17, 15) is 9.59 Å². The van der Waals surface area contributed by atoms with Gasteiger partial charge in [-0.15, -0.1) is 0 Å². The fourth-order valence-electron chi connectivity index (χ4n) is 1.97. The molecule has 0 amide bonds. The van der Waals surface area contributed by atoms with Crippen molar-refractivity contribution >= 4 is 0 Å². The van der Waals surface area contributed by atoms with Crippen molar-refractivity contribution in [2.75, 3.05) is 0 Å². The van der Waals surface area contributed by atoms with Crippen molar-refractivity contribution in [1.82, 2.24) is 9.13 Å². The van der Waals surface area contributed by atoms with Crippen molar-refractivity contribution in [3.63, 3.8) is 0 Å². The minimum absolute atomic E-state index is 0.0192. The summed E-state index contributed by atoms with van der Waals surface area (Å²) >= 11 is 0. The topological polar surface area (TPSA) is 67.8 Å². The lowest BCUT2D eigenvalue weighted by molar-refractivity contribution is 0.519. The van der Waals surface area contributed by atoms with Crippen molar-refractivity contribution in [3.05, 3.63) is 68.5 Å². The van der Waals surface area contributed by atoms with E-state index >= 15 is 0 Å². The molecule has 0 N–H and O–H groups in total. The Morgan fingerprint density at radius 1 is 1.20 bits per heavy atom. The summed E-state index contributed by atoms with van der Waals surface area (Å²) in [4.78, 5) is 24.4. The Balaban J connectivity index is 2.63. The summed E-state index contributed by atoms with van der Waals surface area (Å²) < 4.78 is 2.51. The van der Waals surface area contributed by atoms with E-state index in [0.717, 1.165) is 10.1 Å². The molecule has 1 heterocycles. The molecule has 2 rings (SSSR count). The molecule has 1 aromatic heterocycles. The van der Waals surface area contributed by atoms with Crippen LogP contribution in [0.15, 0.2) is 46.1 Å². The number of hydrogen-bond donors (Lipinski definition) is 0. The molecule has 5 nitrogen and oxygen atoms in total.